The molecule has 2 aromatic heterocycles. The van der Waals surface area contributed by atoms with Crippen molar-refractivity contribution in [2.45, 2.75) is 46.3 Å². The second-order valence-electron chi connectivity index (χ2n) is 10.8. The number of carboxylic acid groups (broad SMARTS) is 1. The number of aliphatic carboxylic acids is 1. The number of carboxylic acids is 1. The van der Waals surface area contributed by atoms with Crippen LogP contribution in [-0.2, 0) is 9.53 Å². The van der Waals surface area contributed by atoms with Crippen molar-refractivity contribution in [2.24, 2.45) is 0 Å². The maximum atomic E-state index is 12.6. The summed E-state index contributed by atoms with van der Waals surface area (Å²) in [4.78, 5) is 44.2. The van der Waals surface area contributed by atoms with Gasteiger partial charge in [-0.05, 0) is 76.1 Å². The molecule has 0 saturated heterocycles. The number of carbonyl (C=O) groups is 1. The van der Waals surface area contributed by atoms with Crippen LogP contribution in [0.15, 0.2) is 70.4 Å². The Bertz CT molecular complexity index is 1920. The summed E-state index contributed by atoms with van der Waals surface area (Å²) >= 11 is 7.62. The summed E-state index contributed by atoms with van der Waals surface area (Å²) in [5.41, 5.74) is 3.60. The van der Waals surface area contributed by atoms with Crippen molar-refractivity contribution in [3.63, 3.8) is 0 Å². The molecule has 1 unspecified atom stereocenters. The van der Waals surface area contributed by atoms with Crippen molar-refractivity contribution in [1.82, 2.24) is 14.5 Å². The number of hydrogen-bond donors (Lipinski definition) is 2. The van der Waals surface area contributed by atoms with Crippen LogP contribution in [0.25, 0.3) is 37.6 Å². The molecule has 10 heteroatoms. The number of hydrogen-bond acceptors (Lipinski definition) is 6. The van der Waals surface area contributed by atoms with Crippen LogP contribution < -0.4 is 11.2 Å². The zero-order chi connectivity index (χ0) is 29.6. The molecule has 3 aromatic carbocycles. The molecule has 0 fully saturated rings. The minimum atomic E-state index is -1.21. The first-order valence-corrected chi connectivity index (χ1v) is 14.1. The summed E-state index contributed by atoms with van der Waals surface area (Å²) in [6.07, 6.45) is 0.295. The first-order valence-electron chi connectivity index (χ1n) is 12.9. The van der Waals surface area contributed by atoms with Crippen molar-refractivity contribution in [2.75, 3.05) is 0 Å². The van der Waals surface area contributed by atoms with Crippen LogP contribution in [0.1, 0.15) is 43.6 Å². The summed E-state index contributed by atoms with van der Waals surface area (Å²) in [6.45, 7) is 8.97. The normalized spacial score (nSPS) is 12.5. The van der Waals surface area contributed by atoms with E-state index in [1.165, 1.54) is 22.1 Å². The van der Waals surface area contributed by atoms with Gasteiger partial charge in [0.1, 0.15) is 5.01 Å². The van der Waals surface area contributed by atoms with Crippen molar-refractivity contribution in [3.8, 4) is 27.4 Å². The standard InChI is InChI=1S/C31H28ClN3O5S/c1-16-13-22-26(24(18-9-11-20(32)12-10-18)23(16)25(29(37)38)40-31(3,4)5)41-28(33-22)19-7-6-8-21(14-19)35-15-17(2)27(36)34-30(35)39/h6-15,25H,1-5H3,(H,37,38)(H,34,36,39). The third kappa shape index (κ3) is 5.74. The maximum absolute atomic E-state index is 12.6. The highest BCUT2D eigenvalue weighted by molar-refractivity contribution is 7.22. The van der Waals surface area contributed by atoms with Gasteiger partial charge in [-0.15, -0.1) is 11.3 Å². The van der Waals surface area contributed by atoms with Gasteiger partial charge in [0.15, 0.2) is 6.10 Å². The zero-order valence-electron chi connectivity index (χ0n) is 23.1. The first-order chi connectivity index (χ1) is 19.3. The number of aromatic nitrogens is 3. The molecule has 0 amide bonds. The van der Waals surface area contributed by atoms with E-state index in [1.807, 2.05) is 64.1 Å². The van der Waals surface area contributed by atoms with E-state index in [9.17, 15) is 19.5 Å². The lowest BCUT2D eigenvalue weighted by Crippen LogP contribution is -2.29. The molecule has 210 valence electrons. The lowest BCUT2D eigenvalue weighted by atomic mass is 9.91. The molecule has 0 bridgehead atoms. The van der Waals surface area contributed by atoms with Gasteiger partial charge in [-0.3, -0.25) is 14.3 Å². The Morgan fingerprint density at radius 3 is 2.41 bits per heavy atom. The number of fused-ring (bicyclic) bond motifs is 1. The van der Waals surface area contributed by atoms with E-state index in [2.05, 4.69) is 4.98 Å². The van der Waals surface area contributed by atoms with Gasteiger partial charge in [0, 0.05) is 33.5 Å². The fraction of sp³-hybridized carbons (Fsp3) is 0.226. The molecule has 0 spiro atoms. The highest BCUT2D eigenvalue weighted by atomic mass is 35.5. The lowest BCUT2D eigenvalue weighted by molar-refractivity contribution is -0.160. The number of nitrogens with zero attached hydrogens (tertiary/aromatic N) is 2. The van der Waals surface area contributed by atoms with Crippen molar-refractivity contribution >= 4 is 39.1 Å². The number of aryl methyl sites for hydroxylation is 2. The number of rotatable bonds is 6. The van der Waals surface area contributed by atoms with Crippen LogP contribution >= 0.6 is 22.9 Å². The van der Waals surface area contributed by atoms with E-state index in [0.29, 0.717) is 32.4 Å². The third-order valence-electron chi connectivity index (χ3n) is 6.51. The van der Waals surface area contributed by atoms with Gasteiger partial charge in [0.2, 0.25) is 0 Å². The smallest absolute Gasteiger partial charge is 0.337 e. The lowest BCUT2D eigenvalue weighted by Gasteiger charge is -2.28. The van der Waals surface area contributed by atoms with Crippen LogP contribution in [0.2, 0.25) is 5.02 Å². The number of H-pyrrole nitrogens is 1. The van der Waals surface area contributed by atoms with E-state index >= 15 is 0 Å². The van der Waals surface area contributed by atoms with E-state index in [4.69, 9.17) is 21.3 Å². The molecule has 2 heterocycles. The second-order valence-corrected chi connectivity index (χ2v) is 12.2. The SMILES string of the molecule is Cc1cc2nc(-c3cccc(-n4cc(C)c(=O)[nH]c4=O)c3)sc2c(-c2ccc(Cl)cc2)c1C(OC(C)(C)C)C(=O)O. The van der Waals surface area contributed by atoms with Crippen molar-refractivity contribution in [1.29, 1.82) is 0 Å². The van der Waals surface area contributed by atoms with Crippen LogP contribution in [-0.4, -0.2) is 31.2 Å². The predicted octanol–water partition coefficient (Wildman–Crippen LogP) is 6.68. The molecule has 41 heavy (non-hydrogen) atoms. The molecule has 8 nitrogen and oxygen atoms in total. The van der Waals surface area contributed by atoms with Gasteiger partial charge < -0.3 is 9.84 Å². The molecular weight excluding hydrogens is 562 g/mol. The van der Waals surface area contributed by atoms with Crippen LogP contribution in [0.3, 0.4) is 0 Å². The van der Waals surface area contributed by atoms with Crippen LogP contribution in [0.5, 0.6) is 0 Å². The number of nitrogens with one attached hydrogen (secondary N) is 1. The topological polar surface area (TPSA) is 114 Å². The van der Waals surface area contributed by atoms with Gasteiger partial charge >= 0.3 is 11.7 Å². The number of halogens is 1. The molecule has 5 aromatic rings. The fourth-order valence-corrected chi connectivity index (χ4v) is 5.96. The molecule has 0 aliphatic carbocycles. The number of benzene rings is 3. The van der Waals surface area contributed by atoms with Crippen LogP contribution in [0.4, 0.5) is 0 Å². The van der Waals surface area contributed by atoms with Gasteiger partial charge in [0.05, 0.1) is 21.5 Å². The molecule has 1 atom stereocenters. The monoisotopic (exact) mass is 589 g/mol. The van der Waals surface area contributed by atoms with Gasteiger partial charge in [0.25, 0.3) is 5.56 Å². The Morgan fingerprint density at radius 1 is 1.05 bits per heavy atom. The third-order valence-corrected chi connectivity index (χ3v) is 7.90. The predicted molar refractivity (Wildman–Crippen MR) is 162 cm³/mol. The van der Waals surface area contributed by atoms with Crippen LogP contribution in [0, 0.1) is 13.8 Å². The Kier molecular flexibility index (Phi) is 7.46. The van der Waals surface area contributed by atoms with E-state index in [-0.39, 0.29) is 0 Å². The molecule has 0 radical (unpaired) electrons. The molecular formula is C31H28ClN3O5S. The van der Waals surface area contributed by atoms with Crippen molar-refractivity contribution in [3.05, 3.63) is 103 Å². The Labute approximate surface area is 244 Å². The molecule has 0 aliphatic rings. The highest BCUT2D eigenvalue weighted by Crippen LogP contribution is 2.44. The van der Waals surface area contributed by atoms with Gasteiger partial charge in [-0.2, -0.15) is 0 Å². The molecule has 0 saturated carbocycles. The summed E-state index contributed by atoms with van der Waals surface area (Å²) in [7, 11) is 0. The number of aromatic amines is 1. The minimum Gasteiger partial charge on any atom is -0.479 e. The highest BCUT2D eigenvalue weighted by Gasteiger charge is 2.32. The fourth-order valence-electron chi connectivity index (χ4n) is 4.71. The van der Waals surface area contributed by atoms with Gasteiger partial charge in [-0.25, -0.2) is 14.6 Å². The number of ether oxygens (including phenoxy) is 1. The van der Waals surface area contributed by atoms with E-state index < -0.39 is 28.9 Å². The molecule has 2 N–H and O–H groups in total. The Hall–Kier alpha value is -4.05. The quantitative estimate of drug-likeness (QED) is 0.228. The largest absolute Gasteiger partial charge is 0.479 e. The summed E-state index contributed by atoms with van der Waals surface area (Å²) in [5.74, 6) is -1.09. The molecule has 0 aliphatic heterocycles. The second kappa shape index (κ2) is 10.7. The first kappa shape index (κ1) is 28.5. The van der Waals surface area contributed by atoms with Gasteiger partial charge in [-0.1, -0.05) is 35.9 Å². The average molecular weight is 590 g/mol. The summed E-state index contributed by atoms with van der Waals surface area (Å²) in [5, 5.41) is 11.5. The van der Waals surface area contributed by atoms with E-state index in [1.54, 1.807) is 25.1 Å². The molecule has 5 rings (SSSR count). The minimum absolute atomic E-state index is 0.413. The summed E-state index contributed by atoms with van der Waals surface area (Å²) in [6, 6.07) is 16.5. The zero-order valence-corrected chi connectivity index (χ0v) is 24.7. The average Bonchev–Trinajstić information content (AvgIpc) is 3.32. The van der Waals surface area contributed by atoms with E-state index in [0.717, 1.165) is 27.0 Å². The maximum Gasteiger partial charge on any atom is 0.337 e. The Balaban J connectivity index is 1.74. The Morgan fingerprint density at radius 2 is 1.76 bits per heavy atom. The van der Waals surface area contributed by atoms with Crippen molar-refractivity contribution < 1.29 is 14.6 Å². The summed E-state index contributed by atoms with van der Waals surface area (Å²) < 4.78 is 8.27. The number of thiazole rings is 1.